The normalized spacial score (nSPS) is 17.7. The lowest BCUT2D eigenvalue weighted by atomic mass is 10.0. The molecule has 0 aliphatic carbocycles. The third kappa shape index (κ3) is 6.35. The highest BCUT2D eigenvalue weighted by atomic mass is 32.2. The van der Waals surface area contributed by atoms with Crippen molar-refractivity contribution in [2.24, 2.45) is 0 Å². The van der Waals surface area contributed by atoms with E-state index >= 15 is 0 Å². The lowest BCUT2D eigenvalue weighted by molar-refractivity contribution is -0.110. The fraction of sp³-hybridized carbons (Fsp3) is 0.423. The molecule has 0 bridgehead atoms. The molecular formula is C26H34N4O6S. The van der Waals surface area contributed by atoms with E-state index in [0.717, 1.165) is 24.3 Å². The number of fused-ring (bicyclic) bond motifs is 1. The zero-order valence-electron chi connectivity index (χ0n) is 21.6. The van der Waals surface area contributed by atoms with Crippen LogP contribution < -0.4 is 24.4 Å². The van der Waals surface area contributed by atoms with Crippen LogP contribution in [0.1, 0.15) is 12.5 Å². The van der Waals surface area contributed by atoms with Crippen molar-refractivity contribution in [1.29, 1.82) is 0 Å². The van der Waals surface area contributed by atoms with Gasteiger partial charge in [-0.3, -0.25) is 14.0 Å². The van der Waals surface area contributed by atoms with Gasteiger partial charge in [0.2, 0.25) is 10.0 Å². The van der Waals surface area contributed by atoms with E-state index in [4.69, 9.17) is 14.2 Å². The van der Waals surface area contributed by atoms with Crippen LogP contribution in [0.15, 0.2) is 42.5 Å². The summed E-state index contributed by atoms with van der Waals surface area (Å²) in [6.45, 7) is 5.90. The Labute approximate surface area is 218 Å². The first kappa shape index (κ1) is 26.8. The molecule has 1 atom stereocenters. The second-order valence-electron chi connectivity index (χ2n) is 9.06. The van der Waals surface area contributed by atoms with Gasteiger partial charge in [-0.2, -0.15) is 0 Å². The molecule has 1 saturated heterocycles. The molecule has 2 heterocycles. The molecule has 37 heavy (non-hydrogen) atoms. The molecule has 2 N–H and O–H groups in total. The first-order valence-corrected chi connectivity index (χ1v) is 14.0. The number of rotatable bonds is 10. The standard InChI is InChI=1S/C26H34N4O6S/c1-18(15-22-21-16-24(34-2)25(35-3)17-23(21)28-26(22)31)27-19-5-7-20(8-6-19)30(37(4,32)33)10-9-29-11-13-36-14-12-29/h5-8,15-18,27H,9-14H2,1-4H3,(H,28,31). The van der Waals surface area contributed by atoms with Crippen LogP contribution in [0.3, 0.4) is 0 Å². The van der Waals surface area contributed by atoms with Gasteiger partial charge in [0.05, 0.1) is 45.1 Å². The van der Waals surface area contributed by atoms with Crippen LogP contribution in [0.25, 0.3) is 5.57 Å². The van der Waals surface area contributed by atoms with Gasteiger partial charge >= 0.3 is 0 Å². The fourth-order valence-electron chi connectivity index (χ4n) is 4.50. The summed E-state index contributed by atoms with van der Waals surface area (Å²) in [7, 11) is -0.329. The minimum Gasteiger partial charge on any atom is -0.493 e. The summed E-state index contributed by atoms with van der Waals surface area (Å²) >= 11 is 0. The van der Waals surface area contributed by atoms with E-state index in [9.17, 15) is 13.2 Å². The molecule has 2 aromatic carbocycles. The first-order valence-electron chi connectivity index (χ1n) is 12.1. The summed E-state index contributed by atoms with van der Waals surface area (Å²) in [6, 6.07) is 10.6. The SMILES string of the molecule is COc1cc2c(cc1OC)C(=CC(C)Nc1ccc(N(CCN3CCOCC3)S(C)(=O)=O)cc1)C(=O)N2. The second-order valence-corrected chi connectivity index (χ2v) is 11.0. The maximum absolute atomic E-state index is 12.6. The average Bonchev–Trinajstić information content (AvgIpc) is 3.17. The van der Waals surface area contributed by atoms with Crippen LogP contribution >= 0.6 is 0 Å². The highest BCUT2D eigenvalue weighted by Crippen LogP contribution is 2.40. The molecule has 4 rings (SSSR count). The summed E-state index contributed by atoms with van der Waals surface area (Å²) in [5.41, 5.74) is 3.37. The van der Waals surface area contributed by atoms with Gasteiger partial charge in [0.25, 0.3) is 5.91 Å². The number of hydrogen-bond acceptors (Lipinski definition) is 8. The molecule has 2 aliphatic rings. The van der Waals surface area contributed by atoms with E-state index in [2.05, 4.69) is 15.5 Å². The third-order valence-corrected chi connectivity index (χ3v) is 7.59. The van der Waals surface area contributed by atoms with Crippen molar-refractivity contribution in [1.82, 2.24) is 4.90 Å². The van der Waals surface area contributed by atoms with Gasteiger partial charge < -0.3 is 24.8 Å². The minimum atomic E-state index is -3.43. The Morgan fingerprint density at radius 2 is 1.78 bits per heavy atom. The molecule has 10 nitrogen and oxygen atoms in total. The zero-order valence-corrected chi connectivity index (χ0v) is 22.4. The van der Waals surface area contributed by atoms with Gasteiger partial charge in [-0.15, -0.1) is 0 Å². The third-order valence-electron chi connectivity index (χ3n) is 6.40. The molecule has 0 saturated carbocycles. The van der Waals surface area contributed by atoms with Crippen molar-refractivity contribution in [2.75, 3.05) is 74.8 Å². The first-order chi connectivity index (χ1) is 17.7. The van der Waals surface area contributed by atoms with Crippen LogP contribution in [0.2, 0.25) is 0 Å². The number of carbonyl (C=O) groups is 1. The monoisotopic (exact) mass is 530 g/mol. The molecule has 2 aromatic rings. The van der Waals surface area contributed by atoms with Crippen molar-refractivity contribution in [3.05, 3.63) is 48.0 Å². The van der Waals surface area contributed by atoms with E-state index in [1.165, 1.54) is 10.6 Å². The van der Waals surface area contributed by atoms with Gasteiger partial charge in [0, 0.05) is 55.1 Å². The van der Waals surface area contributed by atoms with E-state index in [1.807, 2.05) is 25.1 Å². The smallest absolute Gasteiger partial charge is 0.256 e. The lowest BCUT2D eigenvalue weighted by Gasteiger charge is -2.30. The minimum absolute atomic E-state index is 0.182. The van der Waals surface area contributed by atoms with Gasteiger partial charge in [0.1, 0.15) is 0 Å². The number of anilines is 3. The average molecular weight is 531 g/mol. The predicted molar refractivity (Wildman–Crippen MR) is 145 cm³/mol. The van der Waals surface area contributed by atoms with Crippen molar-refractivity contribution >= 4 is 38.6 Å². The summed E-state index contributed by atoms with van der Waals surface area (Å²) in [6.07, 6.45) is 3.08. The fourth-order valence-corrected chi connectivity index (χ4v) is 5.42. The number of nitrogens with one attached hydrogen (secondary N) is 2. The number of morpholine rings is 1. The topological polar surface area (TPSA) is 109 Å². The van der Waals surface area contributed by atoms with Crippen LogP contribution in [0.4, 0.5) is 17.1 Å². The Morgan fingerprint density at radius 1 is 1.14 bits per heavy atom. The Kier molecular flexibility index (Phi) is 8.25. The van der Waals surface area contributed by atoms with Crippen LogP contribution in [-0.4, -0.2) is 85.1 Å². The van der Waals surface area contributed by atoms with E-state index in [0.29, 0.717) is 54.8 Å². The van der Waals surface area contributed by atoms with E-state index in [-0.39, 0.29) is 11.9 Å². The number of sulfonamides is 1. The molecule has 1 unspecified atom stereocenters. The van der Waals surface area contributed by atoms with E-state index in [1.54, 1.807) is 38.5 Å². The number of methoxy groups -OCH3 is 2. The lowest BCUT2D eigenvalue weighted by Crippen LogP contribution is -2.43. The molecule has 11 heteroatoms. The van der Waals surface area contributed by atoms with E-state index < -0.39 is 10.0 Å². The molecular weight excluding hydrogens is 496 g/mol. The zero-order chi connectivity index (χ0) is 26.6. The molecule has 0 aromatic heterocycles. The number of amides is 1. The molecule has 2 aliphatic heterocycles. The van der Waals surface area contributed by atoms with Gasteiger partial charge in [0.15, 0.2) is 11.5 Å². The van der Waals surface area contributed by atoms with Crippen molar-refractivity contribution < 1.29 is 27.4 Å². The summed E-state index contributed by atoms with van der Waals surface area (Å²) in [5, 5.41) is 6.23. The highest BCUT2D eigenvalue weighted by Gasteiger charge is 2.27. The Balaban J connectivity index is 1.46. The molecule has 0 spiro atoms. The maximum Gasteiger partial charge on any atom is 0.256 e. The number of hydrogen-bond donors (Lipinski definition) is 2. The van der Waals surface area contributed by atoms with Gasteiger partial charge in [-0.05, 0) is 43.3 Å². The summed E-state index contributed by atoms with van der Waals surface area (Å²) in [5.74, 6) is 0.893. The Bertz CT molecular complexity index is 1260. The number of carbonyl (C=O) groups excluding carboxylic acids is 1. The molecule has 1 amide bonds. The Morgan fingerprint density at radius 3 is 2.41 bits per heavy atom. The maximum atomic E-state index is 12.6. The number of nitrogens with zero attached hydrogens (tertiary/aromatic N) is 2. The van der Waals surface area contributed by atoms with Gasteiger partial charge in [-0.1, -0.05) is 0 Å². The quantitative estimate of drug-likeness (QED) is 0.452. The molecule has 0 radical (unpaired) electrons. The largest absolute Gasteiger partial charge is 0.493 e. The van der Waals surface area contributed by atoms with Crippen LogP contribution in [0, 0.1) is 0 Å². The van der Waals surface area contributed by atoms with Crippen molar-refractivity contribution in [3.8, 4) is 11.5 Å². The highest BCUT2D eigenvalue weighted by molar-refractivity contribution is 7.92. The number of benzene rings is 2. The van der Waals surface area contributed by atoms with Crippen molar-refractivity contribution in [3.63, 3.8) is 0 Å². The predicted octanol–water partition coefficient (Wildman–Crippen LogP) is 2.64. The molecule has 200 valence electrons. The van der Waals surface area contributed by atoms with Crippen molar-refractivity contribution in [2.45, 2.75) is 13.0 Å². The Hall–Kier alpha value is -3.28. The van der Waals surface area contributed by atoms with Gasteiger partial charge in [-0.25, -0.2) is 8.42 Å². The van der Waals surface area contributed by atoms with Crippen LogP contribution in [-0.2, 0) is 19.6 Å². The second kappa shape index (κ2) is 11.4. The molecule has 1 fully saturated rings. The summed E-state index contributed by atoms with van der Waals surface area (Å²) < 4.78 is 42.5. The summed E-state index contributed by atoms with van der Waals surface area (Å²) in [4.78, 5) is 14.9. The number of ether oxygens (including phenoxy) is 3. The van der Waals surface area contributed by atoms with Crippen LogP contribution in [0.5, 0.6) is 11.5 Å².